The Labute approximate surface area is 70.8 Å². The highest BCUT2D eigenvalue weighted by Gasteiger charge is 2.04. The molecule has 0 radical (unpaired) electrons. The van der Waals surface area contributed by atoms with Gasteiger partial charge in [0.1, 0.15) is 5.76 Å². The highest BCUT2D eigenvalue weighted by atomic mass is 16.5. The largest absolute Gasteiger partial charge is 0.509 e. The van der Waals surface area contributed by atoms with Gasteiger partial charge in [0, 0.05) is 5.57 Å². The number of carbonyl (C=O) groups is 1. The van der Waals surface area contributed by atoms with Gasteiger partial charge in [-0.2, -0.15) is 0 Å². The minimum Gasteiger partial charge on any atom is -0.509 e. The Bertz CT molecular complexity index is 233. The second-order valence-corrected chi connectivity index (χ2v) is 2.29. The van der Waals surface area contributed by atoms with Crippen molar-refractivity contribution in [3.05, 3.63) is 23.2 Å². The number of rotatable bonds is 2. The Morgan fingerprint density at radius 3 is 2.17 bits per heavy atom. The van der Waals surface area contributed by atoms with E-state index in [1.165, 1.54) is 21.0 Å². The molecule has 4 nitrogen and oxygen atoms in total. The average Bonchev–Trinajstić information content (AvgIpc) is 2.02. The molecular weight excluding hydrogens is 160 g/mol. The van der Waals surface area contributed by atoms with Crippen LogP contribution in [0.4, 0.5) is 0 Å². The summed E-state index contributed by atoms with van der Waals surface area (Å²) in [5.41, 5.74) is 0.225. The van der Waals surface area contributed by atoms with Crippen molar-refractivity contribution in [3.8, 4) is 0 Å². The summed E-state index contributed by atoms with van der Waals surface area (Å²) in [5, 5.41) is 17.7. The van der Waals surface area contributed by atoms with Crippen LogP contribution < -0.4 is 0 Å². The molecule has 0 rings (SSSR count). The molecule has 0 fully saturated rings. The van der Waals surface area contributed by atoms with Crippen molar-refractivity contribution in [3.63, 3.8) is 0 Å². The van der Waals surface area contributed by atoms with E-state index in [0.717, 1.165) is 6.08 Å². The minimum absolute atomic E-state index is 0.225. The predicted molar refractivity (Wildman–Crippen MR) is 43.7 cm³/mol. The van der Waals surface area contributed by atoms with E-state index < -0.39 is 5.97 Å². The predicted octanol–water partition coefficient (Wildman–Crippen LogP) is 1.45. The maximum atomic E-state index is 10.8. The molecule has 0 atom stereocenters. The van der Waals surface area contributed by atoms with Gasteiger partial charge in [-0.15, -0.1) is 0 Å². The first-order chi connectivity index (χ1) is 5.49. The number of carbonyl (C=O) groups excluding carboxylic acids is 1. The molecule has 0 bridgehead atoms. The molecule has 0 saturated heterocycles. The third-order valence-electron chi connectivity index (χ3n) is 1.23. The number of aliphatic hydroxyl groups excluding tert-OH is 2. The van der Waals surface area contributed by atoms with E-state index in [1.807, 2.05) is 0 Å². The van der Waals surface area contributed by atoms with Gasteiger partial charge in [-0.25, -0.2) is 4.79 Å². The molecule has 12 heavy (non-hydrogen) atoms. The molecule has 0 aromatic heterocycles. The monoisotopic (exact) mass is 172 g/mol. The van der Waals surface area contributed by atoms with E-state index >= 15 is 0 Å². The first-order valence-corrected chi connectivity index (χ1v) is 3.34. The topological polar surface area (TPSA) is 66.8 Å². The lowest BCUT2D eigenvalue weighted by atomic mass is 10.2. The number of methoxy groups -OCH3 is 1. The summed E-state index contributed by atoms with van der Waals surface area (Å²) in [6.45, 7) is 2.79. The van der Waals surface area contributed by atoms with Crippen LogP contribution >= 0.6 is 0 Å². The van der Waals surface area contributed by atoms with Crippen LogP contribution in [-0.2, 0) is 9.53 Å². The van der Waals surface area contributed by atoms with Gasteiger partial charge < -0.3 is 14.9 Å². The van der Waals surface area contributed by atoms with Crippen LogP contribution in [0.15, 0.2) is 23.2 Å². The average molecular weight is 172 g/mol. The maximum Gasteiger partial charge on any atom is 0.333 e. The molecule has 0 saturated carbocycles. The van der Waals surface area contributed by atoms with Crippen LogP contribution in [0.3, 0.4) is 0 Å². The van der Waals surface area contributed by atoms with Crippen molar-refractivity contribution in [2.45, 2.75) is 13.8 Å². The Kier molecular flexibility index (Phi) is 3.90. The van der Waals surface area contributed by atoms with Crippen LogP contribution in [0, 0.1) is 0 Å². The molecule has 0 amide bonds. The minimum atomic E-state index is -0.539. The molecular formula is C8H12O4. The molecule has 0 aliphatic heterocycles. The zero-order valence-corrected chi connectivity index (χ0v) is 7.29. The fourth-order valence-electron chi connectivity index (χ4n) is 0.529. The smallest absolute Gasteiger partial charge is 0.333 e. The Morgan fingerprint density at radius 1 is 1.33 bits per heavy atom. The lowest BCUT2D eigenvalue weighted by molar-refractivity contribution is -0.136. The summed E-state index contributed by atoms with van der Waals surface area (Å²) in [6.07, 6.45) is 1.14. The van der Waals surface area contributed by atoms with Crippen molar-refractivity contribution >= 4 is 5.97 Å². The molecule has 0 unspecified atom stereocenters. The van der Waals surface area contributed by atoms with Gasteiger partial charge in [-0.1, -0.05) is 0 Å². The zero-order valence-electron chi connectivity index (χ0n) is 7.29. The first-order valence-electron chi connectivity index (χ1n) is 3.34. The van der Waals surface area contributed by atoms with Crippen LogP contribution in [0.2, 0.25) is 0 Å². The lowest BCUT2D eigenvalue weighted by Gasteiger charge is -1.98. The van der Waals surface area contributed by atoms with Crippen LogP contribution in [-0.4, -0.2) is 23.3 Å². The summed E-state index contributed by atoms with van der Waals surface area (Å²) in [6, 6.07) is 0. The fraction of sp³-hybridized carbons (Fsp3) is 0.375. The van der Waals surface area contributed by atoms with Crippen LogP contribution in [0.25, 0.3) is 0 Å². The number of allylic oxidation sites excluding steroid dienone is 2. The maximum absolute atomic E-state index is 10.8. The molecule has 4 heteroatoms. The van der Waals surface area contributed by atoms with Gasteiger partial charge in [-0.05, 0) is 19.9 Å². The number of hydrogen-bond donors (Lipinski definition) is 2. The number of hydrogen-bond acceptors (Lipinski definition) is 4. The SMILES string of the molecule is COC(=O)/C(C)=C/C(O)=C(\C)O. The zero-order chi connectivity index (χ0) is 9.72. The molecule has 68 valence electrons. The van der Waals surface area contributed by atoms with E-state index in [1.54, 1.807) is 0 Å². The Balaban J connectivity index is 4.58. The second kappa shape index (κ2) is 4.43. The van der Waals surface area contributed by atoms with E-state index in [0.29, 0.717) is 0 Å². The standard InChI is InChI=1S/C8H12O4/c1-5(8(11)12-3)4-7(10)6(2)9/h4,9-10H,1-3H3/b5-4+,7-6-. The van der Waals surface area contributed by atoms with Crippen molar-refractivity contribution < 1.29 is 19.7 Å². The molecule has 0 aromatic rings. The third kappa shape index (κ3) is 3.09. The van der Waals surface area contributed by atoms with E-state index in [4.69, 9.17) is 10.2 Å². The van der Waals surface area contributed by atoms with E-state index in [-0.39, 0.29) is 17.1 Å². The number of ether oxygens (including phenoxy) is 1. The van der Waals surface area contributed by atoms with Crippen molar-refractivity contribution in [2.75, 3.05) is 7.11 Å². The highest BCUT2D eigenvalue weighted by molar-refractivity contribution is 5.88. The molecule has 0 spiro atoms. The molecule has 0 aromatic carbocycles. The first kappa shape index (κ1) is 10.6. The van der Waals surface area contributed by atoms with Gasteiger partial charge in [0.05, 0.1) is 7.11 Å². The summed E-state index contributed by atoms with van der Waals surface area (Å²) in [7, 11) is 1.24. The van der Waals surface area contributed by atoms with E-state index in [9.17, 15) is 4.79 Å². The van der Waals surface area contributed by atoms with Gasteiger partial charge in [0.2, 0.25) is 0 Å². The second-order valence-electron chi connectivity index (χ2n) is 2.29. The number of esters is 1. The van der Waals surface area contributed by atoms with Crippen LogP contribution in [0.5, 0.6) is 0 Å². The molecule has 0 aliphatic carbocycles. The van der Waals surface area contributed by atoms with Gasteiger partial charge >= 0.3 is 5.97 Å². The Morgan fingerprint density at radius 2 is 1.83 bits per heavy atom. The normalized spacial score (nSPS) is 13.8. The molecule has 2 N–H and O–H groups in total. The van der Waals surface area contributed by atoms with Gasteiger partial charge in [-0.3, -0.25) is 0 Å². The summed E-state index contributed by atoms with van der Waals surface area (Å²) in [5.74, 6) is -1.11. The van der Waals surface area contributed by atoms with Crippen molar-refractivity contribution in [2.24, 2.45) is 0 Å². The third-order valence-corrected chi connectivity index (χ3v) is 1.23. The summed E-state index contributed by atoms with van der Waals surface area (Å²) < 4.78 is 4.37. The van der Waals surface area contributed by atoms with Crippen molar-refractivity contribution in [1.82, 2.24) is 0 Å². The van der Waals surface area contributed by atoms with Gasteiger partial charge in [0.25, 0.3) is 0 Å². The number of aliphatic hydroxyl groups is 2. The summed E-state index contributed by atoms with van der Waals surface area (Å²) in [4.78, 5) is 10.8. The van der Waals surface area contributed by atoms with Crippen molar-refractivity contribution in [1.29, 1.82) is 0 Å². The van der Waals surface area contributed by atoms with E-state index in [2.05, 4.69) is 4.74 Å². The quantitative estimate of drug-likeness (QED) is 0.286. The van der Waals surface area contributed by atoms with Gasteiger partial charge in [0.15, 0.2) is 5.76 Å². The fourth-order valence-corrected chi connectivity index (χ4v) is 0.529. The highest BCUT2D eigenvalue weighted by Crippen LogP contribution is 2.04. The Hall–Kier alpha value is -1.45. The molecule has 0 aliphatic rings. The molecule has 0 heterocycles. The van der Waals surface area contributed by atoms with Crippen LogP contribution in [0.1, 0.15) is 13.8 Å². The summed E-state index contributed by atoms with van der Waals surface area (Å²) >= 11 is 0. The lowest BCUT2D eigenvalue weighted by Crippen LogP contribution is -2.02.